The molecule has 0 radical (unpaired) electrons. The van der Waals surface area contributed by atoms with Gasteiger partial charge in [-0.2, -0.15) is 0 Å². The van der Waals surface area contributed by atoms with Crippen LogP contribution in [0.5, 0.6) is 0 Å². The first-order valence-corrected chi connectivity index (χ1v) is 6.49. The summed E-state index contributed by atoms with van der Waals surface area (Å²) in [6, 6.07) is 6.59. The predicted molar refractivity (Wildman–Crippen MR) is 74.3 cm³/mol. The molecule has 0 saturated heterocycles. The number of carboxylic acids is 2. The van der Waals surface area contributed by atoms with Crippen molar-refractivity contribution in [1.29, 1.82) is 0 Å². The number of benzene rings is 1. The van der Waals surface area contributed by atoms with Crippen LogP contribution in [-0.2, 0) is 16.0 Å². The smallest absolute Gasteiger partial charge is 0.325 e. The minimum Gasteiger partial charge on any atom is -0.480 e. The quantitative estimate of drug-likeness (QED) is 0.863. The van der Waals surface area contributed by atoms with Crippen molar-refractivity contribution >= 4 is 23.7 Å². The fourth-order valence-electron chi connectivity index (χ4n) is 2.53. The van der Waals surface area contributed by atoms with E-state index in [1.54, 1.807) is 12.1 Å². The van der Waals surface area contributed by atoms with E-state index in [0.717, 1.165) is 10.5 Å². The van der Waals surface area contributed by atoms with Gasteiger partial charge in [-0.3, -0.25) is 14.5 Å². The molecule has 0 aliphatic carbocycles. The van der Waals surface area contributed by atoms with Crippen LogP contribution >= 0.6 is 0 Å². The van der Waals surface area contributed by atoms with Crippen LogP contribution in [0, 0.1) is 0 Å². The first-order valence-electron chi connectivity index (χ1n) is 6.49. The number of para-hydroxylation sites is 1. The second-order valence-corrected chi connectivity index (χ2v) is 4.98. The number of rotatable bonds is 4. The monoisotopic (exact) mass is 292 g/mol. The molecule has 0 aromatic heterocycles. The Labute approximate surface area is 121 Å². The molecule has 1 aromatic carbocycles. The average molecular weight is 292 g/mol. The standard InChI is InChI=1S/C14H16N2O5/c1-9-6-10-4-2-3-5-11(10)16(9)14(21)15(7-12(17)18)8-13(19)20/h2-5,9H,6-8H2,1H3,(H,17,18)(H,19,20). The lowest BCUT2D eigenvalue weighted by molar-refractivity contribution is -0.140. The Kier molecular flexibility index (Phi) is 4.11. The number of aliphatic carboxylic acids is 2. The molecule has 0 bridgehead atoms. The van der Waals surface area contributed by atoms with Gasteiger partial charge in [-0.15, -0.1) is 0 Å². The average Bonchev–Trinajstić information content (AvgIpc) is 2.71. The Morgan fingerprint density at radius 3 is 2.33 bits per heavy atom. The molecule has 0 fully saturated rings. The highest BCUT2D eigenvalue weighted by atomic mass is 16.4. The van der Waals surface area contributed by atoms with Crippen molar-refractivity contribution < 1.29 is 24.6 Å². The van der Waals surface area contributed by atoms with Crippen molar-refractivity contribution in [2.24, 2.45) is 0 Å². The van der Waals surface area contributed by atoms with Crippen LogP contribution in [0.25, 0.3) is 0 Å². The Balaban J connectivity index is 2.28. The summed E-state index contributed by atoms with van der Waals surface area (Å²) in [5, 5.41) is 17.7. The Morgan fingerprint density at radius 2 is 1.76 bits per heavy atom. The third-order valence-electron chi connectivity index (χ3n) is 3.34. The highest BCUT2D eigenvalue weighted by molar-refractivity contribution is 5.97. The highest BCUT2D eigenvalue weighted by Gasteiger charge is 2.34. The van der Waals surface area contributed by atoms with Gasteiger partial charge in [0.1, 0.15) is 13.1 Å². The molecule has 7 heteroatoms. The van der Waals surface area contributed by atoms with E-state index in [1.165, 1.54) is 4.90 Å². The molecule has 1 aliphatic heterocycles. The number of hydrogen-bond donors (Lipinski definition) is 2. The molecule has 0 saturated carbocycles. The second-order valence-electron chi connectivity index (χ2n) is 4.98. The lowest BCUT2D eigenvalue weighted by atomic mass is 10.1. The molecule has 1 aromatic rings. The maximum atomic E-state index is 12.5. The Bertz CT molecular complexity index is 570. The highest BCUT2D eigenvalue weighted by Crippen LogP contribution is 2.32. The maximum Gasteiger partial charge on any atom is 0.325 e. The molecule has 0 spiro atoms. The van der Waals surface area contributed by atoms with Gasteiger partial charge in [-0.25, -0.2) is 4.79 Å². The number of anilines is 1. The van der Waals surface area contributed by atoms with Gasteiger partial charge < -0.3 is 15.1 Å². The number of fused-ring (bicyclic) bond motifs is 1. The van der Waals surface area contributed by atoms with Crippen LogP contribution < -0.4 is 4.90 Å². The van der Waals surface area contributed by atoms with Crippen molar-refractivity contribution in [3.05, 3.63) is 29.8 Å². The summed E-state index contributed by atoms with van der Waals surface area (Å²) in [7, 11) is 0. The zero-order chi connectivity index (χ0) is 15.6. The maximum absolute atomic E-state index is 12.5. The molecule has 1 unspecified atom stereocenters. The van der Waals surface area contributed by atoms with E-state index < -0.39 is 31.1 Å². The van der Waals surface area contributed by atoms with Gasteiger partial charge in [-0.1, -0.05) is 18.2 Å². The Morgan fingerprint density at radius 1 is 1.19 bits per heavy atom. The van der Waals surface area contributed by atoms with E-state index in [9.17, 15) is 14.4 Å². The lowest BCUT2D eigenvalue weighted by Gasteiger charge is -2.29. The molecule has 2 amide bonds. The summed E-state index contributed by atoms with van der Waals surface area (Å²) in [4.78, 5) is 36.5. The molecule has 2 N–H and O–H groups in total. The van der Waals surface area contributed by atoms with E-state index in [2.05, 4.69) is 0 Å². The fourth-order valence-corrected chi connectivity index (χ4v) is 2.53. The lowest BCUT2D eigenvalue weighted by Crippen LogP contribution is -2.49. The summed E-state index contributed by atoms with van der Waals surface area (Å²) >= 11 is 0. The van der Waals surface area contributed by atoms with Gasteiger partial charge in [-0.05, 0) is 25.0 Å². The zero-order valence-corrected chi connectivity index (χ0v) is 11.5. The van der Waals surface area contributed by atoms with Crippen molar-refractivity contribution in [3.8, 4) is 0 Å². The normalized spacial score (nSPS) is 16.4. The first kappa shape index (κ1) is 14.8. The number of urea groups is 1. The molecular formula is C14H16N2O5. The van der Waals surface area contributed by atoms with E-state index in [4.69, 9.17) is 10.2 Å². The van der Waals surface area contributed by atoms with Gasteiger partial charge in [0.05, 0.1) is 0 Å². The first-order chi connectivity index (χ1) is 9.90. The fraction of sp³-hybridized carbons (Fsp3) is 0.357. The van der Waals surface area contributed by atoms with Crippen LogP contribution in [0.3, 0.4) is 0 Å². The number of nitrogens with zero attached hydrogens (tertiary/aromatic N) is 2. The largest absolute Gasteiger partial charge is 0.480 e. The third-order valence-corrected chi connectivity index (χ3v) is 3.34. The molecule has 7 nitrogen and oxygen atoms in total. The number of carbonyl (C=O) groups excluding carboxylic acids is 1. The van der Waals surface area contributed by atoms with Crippen LogP contribution in [-0.4, -0.2) is 52.2 Å². The van der Waals surface area contributed by atoms with E-state index in [-0.39, 0.29) is 6.04 Å². The molecule has 1 atom stereocenters. The van der Waals surface area contributed by atoms with E-state index in [0.29, 0.717) is 12.1 Å². The summed E-state index contributed by atoms with van der Waals surface area (Å²) in [6.07, 6.45) is 0.663. The molecule has 2 rings (SSSR count). The molecule has 1 heterocycles. The number of amides is 2. The van der Waals surface area contributed by atoms with Crippen molar-refractivity contribution in [3.63, 3.8) is 0 Å². The van der Waals surface area contributed by atoms with Crippen LogP contribution in [0.2, 0.25) is 0 Å². The molecule has 112 valence electrons. The predicted octanol–water partition coefficient (Wildman–Crippen LogP) is 1.03. The Hall–Kier alpha value is -2.57. The minimum atomic E-state index is -1.25. The van der Waals surface area contributed by atoms with Crippen molar-refractivity contribution in [1.82, 2.24) is 4.90 Å². The zero-order valence-electron chi connectivity index (χ0n) is 11.5. The summed E-state index contributed by atoms with van der Waals surface area (Å²) in [5.41, 5.74) is 1.69. The van der Waals surface area contributed by atoms with Crippen LogP contribution in [0.15, 0.2) is 24.3 Å². The van der Waals surface area contributed by atoms with Crippen molar-refractivity contribution in [2.75, 3.05) is 18.0 Å². The summed E-state index contributed by atoms with van der Waals surface area (Å²) in [6.45, 7) is 0.560. The topological polar surface area (TPSA) is 98.2 Å². The van der Waals surface area contributed by atoms with Gasteiger partial charge in [0.25, 0.3) is 0 Å². The summed E-state index contributed by atoms with van der Waals surface area (Å²) < 4.78 is 0. The second kappa shape index (κ2) is 5.82. The van der Waals surface area contributed by atoms with Crippen LogP contribution in [0.1, 0.15) is 12.5 Å². The summed E-state index contributed by atoms with van der Waals surface area (Å²) in [5.74, 6) is -2.49. The van der Waals surface area contributed by atoms with E-state index in [1.807, 2.05) is 19.1 Å². The number of carboxylic acid groups (broad SMARTS) is 2. The minimum absolute atomic E-state index is 0.139. The number of carbonyl (C=O) groups is 3. The van der Waals surface area contributed by atoms with Crippen LogP contribution in [0.4, 0.5) is 10.5 Å². The van der Waals surface area contributed by atoms with Crippen molar-refractivity contribution in [2.45, 2.75) is 19.4 Å². The van der Waals surface area contributed by atoms with Gasteiger partial charge in [0, 0.05) is 11.7 Å². The van der Waals surface area contributed by atoms with Gasteiger partial charge >= 0.3 is 18.0 Å². The van der Waals surface area contributed by atoms with Gasteiger partial charge in [0.2, 0.25) is 0 Å². The molecule has 21 heavy (non-hydrogen) atoms. The van der Waals surface area contributed by atoms with Gasteiger partial charge in [0.15, 0.2) is 0 Å². The van der Waals surface area contributed by atoms with E-state index >= 15 is 0 Å². The molecule has 1 aliphatic rings. The SMILES string of the molecule is CC1Cc2ccccc2N1C(=O)N(CC(=O)O)CC(=O)O. The third kappa shape index (κ3) is 3.13. The molecular weight excluding hydrogens is 276 g/mol. The number of hydrogen-bond acceptors (Lipinski definition) is 3.